The Hall–Kier alpha value is -2.34. The van der Waals surface area contributed by atoms with E-state index in [-0.39, 0.29) is 0 Å². The van der Waals surface area contributed by atoms with Crippen LogP contribution in [-0.4, -0.2) is 9.55 Å². The number of nitriles is 1. The Morgan fingerprint density at radius 3 is 2.81 bits per heavy atom. The van der Waals surface area contributed by atoms with Gasteiger partial charge >= 0.3 is 0 Å². The van der Waals surface area contributed by atoms with Crippen LogP contribution in [0.5, 0.6) is 0 Å². The fraction of sp³-hybridized carbons (Fsp3) is 0.0769. The maximum absolute atomic E-state index is 9.06. The van der Waals surface area contributed by atoms with Crippen molar-refractivity contribution in [2.75, 3.05) is 0 Å². The van der Waals surface area contributed by atoms with Crippen LogP contribution in [0.3, 0.4) is 0 Å². The number of fused-ring (bicyclic) bond motifs is 1. The summed E-state index contributed by atoms with van der Waals surface area (Å²) in [5.74, 6) is 0. The Morgan fingerprint density at radius 1 is 1.38 bits per heavy atom. The molecule has 0 fully saturated rings. The predicted octanol–water partition coefficient (Wildman–Crippen LogP) is 2.63. The molecule has 0 N–H and O–H groups in total. The molecule has 1 aliphatic carbocycles. The van der Waals surface area contributed by atoms with Gasteiger partial charge in [0.05, 0.1) is 5.56 Å². The van der Waals surface area contributed by atoms with Crippen molar-refractivity contribution >= 4 is 16.7 Å². The van der Waals surface area contributed by atoms with Gasteiger partial charge in [0.1, 0.15) is 11.7 Å². The van der Waals surface area contributed by atoms with Gasteiger partial charge in [0, 0.05) is 23.0 Å². The third kappa shape index (κ3) is 1.10. The van der Waals surface area contributed by atoms with Gasteiger partial charge in [0.2, 0.25) is 0 Å². The molecule has 76 valence electrons. The number of rotatable bonds is 1. The van der Waals surface area contributed by atoms with Gasteiger partial charge in [-0.25, -0.2) is 4.98 Å². The molecule has 0 radical (unpaired) electrons. The normalized spacial score (nSPS) is 13.4. The van der Waals surface area contributed by atoms with Gasteiger partial charge in [-0.15, -0.1) is 0 Å². The van der Waals surface area contributed by atoms with Crippen LogP contribution in [0.25, 0.3) is 16.7 Å². The largest absolute Gasteiger partial charge is 0.300 e. The van der Waals surface area contributed by atoms with Gasteiger partial charge in [-0.05, 0) is 31.2 Å². The van der Waals surface area contributed by atoms with Crippen molar-refractivity contribution in [1.82, 2.24) is 9.55 Å². The first-order valence-electron chi connectivity index (χ1n) is 5.07. The van der Waals surface area contributed by atoms with Crippen LogP contribution in [-0.2, 0) is 0 Å². The lowest BCUT2D eigenvalue weighted by atomic mass is 10.2. The molecule has 0 aromatic carbocycles. The molecule has 0 saturated carbocycles. The molecule has 0 amide bonds. The third-order valence-corrected chi connectivity index (χ3v) is 2.72. The van der Waals surface area contributed by atoms with Crippen molar-refractivity contribution in [2.45, 2.75) is 6.92 Å². The molecule has 3 nitrogen and oxygen atoms in total. The van der Waals surface area contributed by atoms with Crippen molar-refractivity contribution < 1.29 is 0 Å². The number of aromatic nitrogens is 2. The second kappa shape index (κ2) is 3.07. The van der Waals surface area contributed by atoms with Crippen LogP contribution < -0.4 is 0 Å². The van der Waals surface area contributed by atoms with E-state index < -0.39 is 0 Å². The number of pyridine rings is 1. The minimum atomic E-state index is 0.670. The number of hydrogen-bond donors (Lipinski definition) is 0. The highest BCUT2D eigenvalue weighted by Gasteiger charge is 2.12. The molecule has 2 aromatic rings. The van der Waals surface area contributed by atoms with Crippen LogP contribution in [0, 0.1) is 18.3 Å². The molecule has 16 heavy (non-hydrogen) atoms. The zero-order valence-corrected chi connectivity index (χ0v) is 8.81. The first-order valence-corrected chi connectivity index (χ1v) is 5.07. The molecule has 0 bridgehead atoms. The summed E-state index contributed by atoms with van der Waals surface area (Å²) in [7, 11) is 0. The molecule has 0 spiro atoms. The topological polar surface area (TPSA) is 41.6 Å². The second-order valence-electron chi connectivity index (χ2n) is 3.80. The summed E-state index contributed by atoms with van der Waals surface area (Å²) in [6.45, 7) is 1.95. The van der Waals surface area contributed by atoms with Gasteiger partial charge in [-0.3, -0.25) is 4.57 Å². The number of aryl methyl sites for hydroxylation is 1. The van der Waals surface area contributed by atoms with Crippen molar-refractivity contribution in [2.24, 2.45) is 0 Å². The van der Waals surface area contributed by atoms with E-state index in [9.17, 15) is 0 Å². The first-order chi connectivity index (χ1) is 7.79. The monoisotopic (exact) mass is 207 g/mol. The molecule has 1 aliphatic rings. The number of hydrogen-bond acceptors (Lipinski definition) is 2. The Labute approximate surface area is 92.9 Å². The molecular formula is C13H9N3. The van der Waals surface area contributed by atoms with E-state index in [4.69, 9.17) is 5.26 Å². The maximum atomic E-state index is 9.06. The highest BCUT2D eigenvalue weighted by Crippen LogP contribution is 2.25. The lowest BCUT2D eigenvalue weighted by Crippen LogP contribution is -1.98. The van der Waals surface area contributed by atoms with E-state index in [1.807, 2.05) is 48.0 Å². The second-order valence-corrected chi connectivity index (χ2v) is 3.80. The lowest BCUT2D eigenvalue weighted by Gasteiger charge is -2.09. The van der Waals surface area contributed by atoms with Crippen LogP contribution in [0.1, 0.15) is 11.3 Å². The van der Waals surface area contributed by atoms with Gasteiger partial charge < -0.3 is 0 Å². The molecule has 3 rings (SSSR count). The van der Waals surface area contributed by atoms with Gasteiger partial charge in [-0.1, -0.05) is 6.08 Å². The molecule has 0 aliphatic heterocycles. The minimum Gasteiger partial charge on any atom is -0.300 e. The van der Waals surface area contributed by atoms with Crippen LogP contribution in [0.15, 0.2) is 36.6 Å². The van der Waals surface area contributed by atoms with E-state index in [2.05, 4.69) is 11.1 Å². The lowest BCUT2D eigenvalue weighted by molar-refractivity contribution is 1.10. The van der Waals surface area contributed by atoms with Crippen molar-refractivity contribution in [3.8, 4) is 6.07 Å². The highest BCUT2D eigenvalue weighted by molar-refractivity contribution is 5.88. The smallest absolute Gasteiger partial charge is 0.146 e. The van der Waals surface area contributed by atoms with Crippen LogP contribution >= 0.6 is 0 Å². The summed E-state index contributed by atoms with van der Waals surface area (Å²) < 4.78 is 1.96. The maximum Gasteiger partial charge on any atom is 0.146 e. The summed E-state index contributed by atoms with van der Waals surface area (Å²) in [6.07, 6.45) is 7.82. The number of allylic oxidation sites excluding steroid dienone is 4. The molecule has 2 aromatic heterocycles. The first kappa shape index (κ1) is 8.93. The molecule has 2 heterocycles. The molecule has 0 saturated heterocycles. The van der Waals surface area contributed by atoms with Crippen molar-refractivity contribution in [1.29, 1.82) is 5.26 Å². The summed E-state index contributed by atoms with van der Waals surface area (Å²) in [5, 5.41) is 9.97. The minimum absolute atomic E-state index is 0.670. The van der Waals surface area contributed by atoms with Crippen molar-refractivity contribution in [3.63, 3.8) is 0 Å². The van der Waals surface area contributed by atoms with Gasteiger partial charge in [0.25, 0.3) is 0 Å². The van der Waals surface area contributed by atoms with Gasteiger partial charge in [0.15, 0.2) is 0 Å². The molecule has 0 atom stereocenters. The molecule has 3 heteroatoms. The summed E-state index contributed by atoms with van der Waals surface area (Å²) in [6, 6.07) is 6.08. The van der Waals surface area contributed by atoms with E-state index in [1.165, 1.54) is 0 Å². The Bertz CT molecular complexity index is 681. The molecule has 0 unspecified atom stereocenters. The zero-order chi connectivity index (χ0) is 11.1. The fourth-order valence-corrected chi connectivity index (χ4v) is 1.83. The highest BCUT2D eigenvalue weighted by atomic mass is 15.0. The number of nitrogens with zero attached hydrogens (tertiary/aromatic N) is 3. The fourth-order valence-electron chi connectivity index (χ4n) is 1.83. The third-order valence-electron chi connectivity index (χ3n) is 2.72. The van der Waals surface area contributed by atoms with E-state index in [0.29, 0.717) is 5.56 Å². The quantitative estimate of drug-likeness (QED) is 0.721. The standard InChI is InChI=1S/C13H9N3/c1-9-5-6-12-10(7-14)8-16(13(12)15-9)11-3-2-4-11/h2-6,8H,1H3. The Morgan fingerprint density at radius 2 is 2.19 bits per heavy atom. The summed E-state index contributed by atoms with van der Waals surface area (Å²) in [4.78, 5) is 4.48. The molecular weight excluding hydrogens is 198 g/mol. The van der Waals surface area contributed by atoms with Crippen LogP contribution in [0.2, 0.25) is 0 Å². The van der Waals surface area contributed by atoms with Gasteiger partial charge in [-0.2, -0.15) is 5.26 Å². The van der Waals surface area contributed by atoms with E-state index >= 15 is 0 Å². The Balaban J connectivity index is 2.36. The van der Waals surface area contributed by atoms with Crippen molar-refractivity contribution in [3.05, 3.63) is 47.8 Å². The average molecular weight is 207 g/mol. The summed E-state index contributed by atoms with van der Waals surface area (Å²) >= 11 is 0. The van der Waals surface area contributed by atoms with Crippen LogP contribution in [0.4, 0.5) is 0 Å². The zero-order valence-electron chi connectivity index (χ0n) is 8.81. The Kier molecular flexibility index (Phi) is 1.72. The SMILES string of the molecule is Cc1ccc2c(C#N)cn(C3=CC=C3)c2n1. The van der Waals surface area contributed by atoms with E-state index in [1.54, 1.807) is 0 Å². The van der Waals surface area contributed by atoms with E-state index in [0.717, 1.165) is 22.4 Å². The summed E-state index contributed by atoms with van der Waals surface area (Å²) in [5.41, 5.74) is 3.56. The average Bonchev–Trinajstić information content (AvgIpc) is 2.54. The predicted molar refractivity (Wildman–Crippen MR) is 62.6 cm³/mol.